The zero-order valence-corrected chi connectivity index (χ0v) is 26.6. The molecule has 228 valence electrons. The van der Waals surface area contributed by atoms with Gasteiger partial charge in [0.05, 0.1) is 17.1 Å². The smallest absolute Gasteiger partial charge is 0.187 e. The summed E-state index contributed by atoms with van der Waals surface area (Å²) in [6, 6.07) is 19.7. The number of fused-ring (bicyclic) bond motifs is 1. The third kappa shape index (κ3) is 5.69. The lowest BCUT2D eigenvalue weighted by atomic mass is 9.90. The fourth-order valence-corrected chi connectivity index (χ4v) is 7.73. The monoisotopic (exact) mass is 607 g/mol. The van der Waals surface area contributed by atoms with Gasteiger partial charge >= 0.3 is 0 Å². The van der Waals surface area contributed by atoms with Crippen molar-refractivity contribution in [2.75, 3.05) is 44.3 Å². The van der Waals surface area contributed by atoms with Crippen LogP contribution >= 0.6 is 11.3 Å². The van der Waals surface area contributed by atoms with Gasteiger partial charge in [-0.25, -0.2) is 19.6 Å². The maximum atomic E-state index is 6.45. The molecule has 9 nitrogen and oxygen atoms in total. The Morgan fingerprint density at radius 1 is 0.841 bits per heavy atom. The van der Waals surface area contributed by atoms with Crippen LogP contribution in [0.4, 0.5) is 16.6 Å². The van der Waals surface area contributed by atoms with Crippen LogP contribution in [-0.4, -0.2) is 73.8 Å². The number of likely N-dealkylation sites (N-methyl/N-ethyl adjacent to an activating group) is 1. The lowest BCUT2D eigenvalue weighted by Gasteiger charge is -2.41. The molecule has 1 aliphatic carbocycles. The summed E-state index contributed by atoms with van der Waals surface area (Å²) >= 11 is 1.71. The van der Waals surface area contributed by atoms with Crippen molar-refractivity contribution in [3.05, 3.63) is 65.8 Å². The van der Waals surface area contributed by atoms with Crippen LogP contribution in [0.25, 0.3) is 33.5 Å². The van der Waals surface area contributed by atoms with E-state index in [0.717, 1.165) is 70.3 Å². The van der Waals surface area contributed by atoms with Gasteiger partial charge in [0.15, 0.2) is 10.8 Å². The van der Waals surface area contributed by atoms with E-state index < -0.39 is 0 Å². The molecule has 2 aliphatic rings. The first-order valence-corrected chi connectivity index (χ1v) is 16.6. The third-order valence-electron chi connectivity index (χ3n) is 9.22. The van der Waals surface area contributed by atoms with Crippen molar-refractivity contribution in [2.45, 2.75) is 57.5 Å². The Hall–Kier alpha value is -3.86. The number of rotatable bonds is 7. The van der Waals surface area contributed by atoms with Crippen LogP contribution in [0.2, 0.25) is 0 Å². The van der Waals surface area contributed by atoms with Gasteiger partial charge in [-0.1, -0.05) is 56.3 Å². The molecular formula is C34H41N9S. The maximum absolute atomic E-state index is 6.45. The van der Waals surface area contributed by atoms with E-state index in [9.17, 15) is 0 Å². The van der Waals surface area contributed by atoms with Crippen molar-refractivity contribution in [3.8, 4) is 22.5 Å². The molecular weight excluding hydrogens is 567 g/mol. The van der Waals surface area contributed by atoms with E-state index in [1.807, 2.05) is 6.07 Å². The van der Waals surface area contributed by atoms with Gasteiger partial charge in [0, 0.05) is 53.9 Å². The number of thiazole rings is 1. The average Bonchev–Trinajstić information content (AvgIpc) is 3.66. The summed E-state index contributed by atoms with van der Waals surface area (Å²) in [6.07, 6.45) is 6.13. The Balaban J connectivity index is 1.11. The van der Waals surface area contributed by atoms with Crippen LogP contribution in [0, 0.1) is 0 Å². The molecule has 2 fully saturated rings. The van der Waals surface area contributed by atoms with Crippen molar-refractivity contribution in [1.29, 1.82) is 0 Å². The molecule has 0 radical (unpaired) electrons. The topological polar surface area (TPSA) is 101 Å². The van der Waals surface area contributed by atoms with Gasteiger partial charge in [0.1, 0.15) is 17.8 Å². The second-order valence-corrected chi connectivity index (χ2v) is 13.5. The molecule has 7 rings (SSSR count). The number of nitrogens with zero attached hydrogens (tertiary/aromatic N) is 7. The average molecular weight is 608 g/mol. The summed E-state index contributed by atoms with van der Waals surface area (Å²) < 4.78 is 2.13. The normalized spacial score (nSPS) is 20.0. The Kier molecular flexibility index (Phi) is 8.05. The fraction of sp³-hybridized carbons (Fsp3) is 0.412. The van der Waals surface area contributed by atoms with Gasteiger partial charge in [0.25, 0.3) is 0 Å². The minimum absolute atomic E-state index is 0.309. The SMILES string of the molecule is CC(C)c1sc(Nc2ccc(-c3nn([C@H]4CC[C@@H](N5CCN(C)CC5)CC4)c4ncnc(N)c34)cc2)nc1-c1ccccc1. The second kappa shape index (κ2) is 12.3. The molecule has 5 aromatic rings. The number of nitrogens with two attached hydrogens (primary N) is 1. The van der Waals surface area contributed by atoms with Crippen LogP contribution in [0.15, 0.2) is 60.9 Å². The molecule has 1 saturated carbocycles. The molecule has 0 unspecified atom stereocenters. The molecule has 0 amide bonds. The molecule has 0 bridgehead atoms. The van der Waals surface area contributed by atoms with Gasteiger partial charge in [-0.2, -0.15) is 5.10 Å². The lowest BCUT2D eigenvalue weighted by Crippen LogP contribution is -2.49. The number of nitrogen functional groups attached to an aromatic ring is 1. The molecule has 10 heteroatoms. The van der Waals surface area contributed by atoms with E-state index in [0.29, 0.717) is 23.8 Å². The van der Waals surface area contributed by atoms with Crippen LogP contribution in [0.1, 0.15) is 56.4 Å². The number of benzene rings is 2. The number of nitrogens with one attached hydrogen (secondary N) is 1. The third-order valence-corrected chi connectivity index (χ3v) is 10.5. The first-order valence-electron chi connectivity index (χ1n) is 15.8. The van der Waals surface area contributed by atoms with Gasteiger partial charge in [-0.3, -0.25) is 4.90 Å². The van der Waals surface area contributed by atoms with Crippen LogP contribution in [0.3, 0.4) is 0 Å². The summed E-state index contributed by atoms with van der Waals surface area (Å²) in [4.78, 5) is 20.4. The highest BCUT2D eigenvalue weighted by Crippen LogP contribution is 2.39. The Morgan fingerprint density at radius 2 is 1.52 bits per heavy atom. The van der Waals surface area contributed by atoms with Crippen LogP contribution in [-0.2, 0) is 0 Å². The number of aromatic nitrogens is 5. The van der Waals surface area contributed by atoms with E-state index in [1.165, 1.54) is 30.8 Å². The molecule has 0 spiro atoms. The van der Waals surface area contributed by atoms with E-state index in [1.54, 1.807) is 17.7 Å². The lowest BCUT2D eigenvalue weighted by molar-refractivity contribution is 0.0815. The Bertz CT molecular complexity index is 1710. The zero-order chi connectivity index (χ0) is 30.2. The predicted octanol–water partition coefficient (Wildman–Crippen LogP) is 6.80. The van der Waals surface area contributed by atoms with Crippen molar-refractivity contribution in [3.63, 3.8) is 0 Å². The summed E-state index contributed by atoms with van der Waals surface area (Å²) in [5, 5.41) is 10.4. The first kappa shape index (κ1) is 28.9. The van der Waals surface area contributed by atoms with Gasteiger partial charge in [0.2, 0.25) is 0 Å². The highest BCUT2D eigenvalue weighted by atomic mass is 32.1. The molecule has 3 aromatic heterocycles. The van der Waals surface area contributed by atoms with Crippen molar-refractivity contribution in [1.82, 2.24) is 34.5 Å². The molecule has 1 aliphatic heterocycles. The standard InChI is InChI=1S/C34H41N9S/c1-22(2)31-30(23-7-5-4-6-8-23)39-34(44-31)38-25-11-9-24(10-12-25)29-28-32(35)36-21-37-33(28)43(40-29)27-15-13-26(14-16-27)42-19-17-41(3)18-20-42/h4-12,21-22,26-27H,13-20H2,1-3H3,(H,38,39)(H2,35,36,37)/t26-,27+. The summed E-state index contributed by atoms with van der Waals surface area (Å²) in [5.74, 6) is 0.862. The maximum Gasteiger partial charge on any atom is 0.187 e. The highest BCUT2D eigenvalue weighted by Gasteiger charge is 2.30. The molecule has 4 heterocycles. The largest absolute Gasteiger partial charge is 0.383 e. The van der Waals surface area contributed by atoms with E-state index in [4.69, 9.17) is 15.8 Å². The zero-order valence-electron chi connectivity index (χ0n) is 25.8. The molecule has 2 aromatic carbocycles. The summed E-state index contributed by atoms with van der Waals surface area (Å²) in [5.41, 5.74) is 12.3. The van der Waals surface area contributed by atoms with Gasteiger partial charge in [-0.15, -0.1) is 11.3 Å². The summed E-state index contributed by atoms with van der Waals surface area (Å²) in [6.45, 7) is 9.10. The summed E-state index contributed by atoms with van der Waals surface area (Å²) in [7, 11) is 2.22. The van der Waals surface area contributed by atoms with Crippen molar-refractivity contribution >= 4 is 39.0 Å². The molecule has 1 saturated heterocycles. The number of piperazine rings is 1. The second-order valence-electron chi connectivity index (χ2n) is 12.5. The quantitative estimate of drug-likeness (QED) is 0.208. The van der Waals surface area contributed by atoms with Gasteiger partial charge in [-0.05, 0) is 50.8 Å². The first-order chi connectivity index (χ1) is 21.4. The minimum Gasteiger partial charge on any atom is -0.383 e. The molecule has 44 heavy (non-hydrogen) atoms. The van der Waals surface area contributed by atoms with E-state index >= 15 is 0 Å². The number of anilines is 3. The van der Waals surface area contributed by atoms with E-state index in [-0.39, 0.29) is 0 Å². The fourth-order valence-electron chi connectivity index (χ4n) is 6.72. The Morgan fingerprint density at radius 3 is 2.23 bits per heavy atom. The number of hydrogen-bond donors (Lipinski definition) is 2. The minimum atomic E-state index is 0.309. The molecule has 3 N–H and O–H groups in total. The predicted molar refractivity (Wildman–Crippen MR) is 180 cm³/mol. The molecule has 0 atom stereocenters. The Labute approximate surface area is 263 Å². The van der Waals surface area contributed by atoms with Crippen LogP contribution in [0.5, 0.6) is 0 Å². The van der Waals surface area contributed by atoms with Crippen molar-refractivity contribution < 1.29 is 0 Å². The van der Waals surface area contributed by atoms with Crippen LogP contribution < -0.4 is 11.1 Å². The number of hydrogen-bond acceptors (Lipinski definition) is 9. The highest BCUT2D eigenvalue weighted by molar-refractivity contribution is 7.16. The van der Waals surface area contributed by atoms with Crippen molar-refractivity contribution in [2.24, 2.45) is 0 Å². The van der Waals surface area contributed by atoms with E-state index in [2.05, 4.69) is 99.2 Å². The van der Waals surface area contributed by atoms with Gasteiger partial charge < -0.3 is 16.0 Å².